The monoisotopic (exact) mass is 254 g/mol. The molecule has 1 aromatic rings. The van der Waals surface area contributed by atoms with Crippen molar-refractivity contribution in [2.75, 3.05) is 26.3 Å². The van der Waals surface area contributed by atoms with E-state index in [0.29, 0.717) is 19.8 Å². The van der Waals surface area contributed by atoms with Gasteiger partial charge in [-0.25, -0.2) is 0 Å². The van der Waals surface area contributed by atoms with Gasteiger partial charge in [0.15, 0.2) is 0 Å². The zero-order valence-electron chi connectivity index (χ0n) is 10.6. The van der Waals surface area contributed by atoms with Gasteiger partial charge >= 0.3 is 5.69 Å². The van der Waals surface area contributed by atoms with Crippen molar-refractivity contribution >= 4 is 5.69 Å². The van der Waals surface area contributed by atoms with Crippen molar-refractivity contribution < 1.29 is 14.4 Å². The van der Waals surface area contributed by atoms with E-state index in [9.17, 15) is 10.1 Å². The van der Waals surface area contributed by atoms with Gasteiger partial charge in [0.25, 0.3) is 0 Å². The number of ether oxygens (including phenoxy) is 2. The lowest BCUT2D eigenvalue weighted by molar-refractivity contribution is -0.386. The van der Waals surface area contributed by atoms with E-state index in [0.717, 1.165) is 6.54 Å². The second kappa shape index (κ2) is 7.50. The van der Waals surface area contributed by atoms with Crippen LogP contribution < -0.4 is 14.8 Å². The maximum absolute atomic E-state index is 11.0. The van der Waals surface area contributed by atoms with Crippen LogP contribution >= 0.6 is 0 Å². The van der Waals surface area contributed by atoms with Crippen LogP contribution in [0.15, 0.2) is 18.2 Å². The molecule has 18 heavy (non-hydrogen) atoms. The van der Waals surface area contributed by atoms with Gasteiger partial charge in [0.2, 0.25) is 11.5 Å². The number of nitrogens with zero attached hydrogens (tertiary/aromatic N) is 1. The Hall–Kier alpha value is -1.82. The Morgan fingerprint density at radius 2 is 1.94 bits per heavy atom. The van der Waals surface area contributed by atoms with Gasteiger partial charge in [-0.05, 0) is 25.6 Å². The van der Waals surface area contributed by atoms with E-state index in [1.807, 2.05) is 6.92 Å². The average molecular weight is 254 g/mol. The summed E-state index contributed by atoms with van der Waals surface area (Å²) in [6, 6.07) is 4.83. The van der Waals surface area contributed by atoms with Crippen LogP contribution in [0, 0.1) is 10.1 Å². The largest absolute Gasteiger partial charge is 0.487 e. The topological polar surface area (TPSA) is 73.6 Å². The summed E-state index contributed by atoms with van der Waals surface area (Å²) in [5.74, 6) is 0.479. The Bertz CT molecular complexity index is 396. The van der Waals surface area contributed by atoms with Crippen LogP contribution in [0.25, 0.3) is 0 Å². The number of nitro benzene ring substituents is 1. The summed E-state index contributed by atoms with van der Waals surface area (Å²) in [6.45, 7) is 6.00. The van der Waals surface area contributed by atoms with Crippen molar-refractivity contribution in [3.63, 3.8) is 0 Å². The van der Waals surface area contributed by atoms with E-state index in [1.165, 1.54) is 0 Å². The first-order valence-corrected chi connectivity index (χ1v) is 5.94. The molecule has 1 aromatic carbocycles. The van der Waals surface area contributed by atoms with E-state index in [4.69, 9.17) is 9.47 Å². The van der Waals surface area contributed by atoms with Crippen LogP contribution in [0.3, 0.4) is 0 Å². The van der Waals surface area contributed by atoms with Gasteiger partial charge in [0.05, 0.1) is 11.5 Å². The molecular weight excluding hydrogens is 236 g/mol. The van der Waals surface area contributed by atoms with E-state index in [2.05, 4.69) is 5.32 Å². The fourth-order valence-corrected chi connectivity index (χ4v) is 1.48. The second-order valence-electron chi connectivity index (χ2n) is 3.50. The number of hydrogen-bond donors (Lipinski definition) is 1. The number of benzene rings is 1. The molecular formula is C12H18N2O4. The highest BCUT2D eigenvalue weighted by Crippen LogP contribution is 2.36. The van der Waals surface area contributed by atoms with Crippen molar-refractivity contribution in [1.82, 2.24) is 5.32 Å². The van der Waals surface area contributed by atoms with Gasteiger partial charge in [-0.1, -0.05) is 13.0 Å². The van der Waals surface area contributed by atoms with Gasteiger partial charge in [-0.15, -0.1) is 0 Å². The van der Waals surface area contributed by atoms with Gasteiger partial charge in [-0.3, -0.25) is 10.1 Å². The molecule has 0 saturated heterocycles. The molecule has 0 unspecified atom stereocenters. The number of para-hydroxylation sites is 1. The quantitative estimate of drug-likeness (QED) is 0.436. The predicted molar refractivity (Wildman–Crippen MR) is 68.3 cm³/mol. The summed E-state index contributed by atoms with van der Waals surface area (Å²) in [7, 11) is 0. The molecule has 0 spiro atoms. The highest BCUT2D eigenvalue weighted by Gasteiger charge is 2.21. The summed E-state index contributed by atoms with van der Waals surface area (Å²) in [4.78, 5) is 10.6. The maximum atomic E-state index is 11.0. The highest BCUT2D eigenvalue weighted by atomic mass is 16.6. The molecule has 100 valence electrons. The lowest BCUT2D eigenvalue weighted by atomic mass is 10.2. The van der Waals surface area contributed by atoms with Crippen LogP contribution in [0.4, 0.5) is 5.69 Å². The fraction of sp³-hybridized carbons (Fsp3) is 0.500. The highest BCUT2D eigenvalue weighted by molar-refractivity contribution is 5.57. The van der Waals surface area contributed by atoms with Gasteiger partial charge in [0, 0.05) is 6.54 Å². The molecule has 0 fully saturated rings. The number of likely N-dealkylation sites (N-methyl/N-ethyl adjacent to an activating group) is 1. The average Bonchev–Trinajstić information content (AvgIpc) is 2.35. The van der Waals surface area contributed by atoms with Gasteiger partial charge < -0.3 is 14.8 Å². The lowest BCUT2D eigenvalue weighted by Gasteiger charge is -2.10. The predicted octanol–water partition coefficient (Wildman–Crippen LogP) is 1.98. The molecule has 0 amide bonds. The van der Waals surface area contributed by atoms with Crippen LogP contribution in [-0.4, -0.2) is 31.2 Å². The molecule has 0 saturated carbocycles. The van der Waals surface area contributed by atoms with Crippen LogP contribution in [0.1, 0.15) is 13.8 Å². The molecule has 6 heteroatoms. The molecule has 0 aliphatic heterocycles. The van der Waals surface area contributed by atoms with Crippen molar-refractivity contribution in [2.24, 2.45) is 0 Å². The second-order valence-corrected chi connectivity index (χ2v) is 3.50. The van der Waals surface area contributed by atoms with Crippen molar-refractivity contribution in [1.29, 1.82) is 0 Å². The molecule has 0 aromatic heterocycles. The third-order valence-electron chi connectivity index (χ3n) is 2.23. The standard InChI is InChI=1S/C12H18N2O4/c1-3-13-8-9-18-11-7-5-6-10(17-4-2)12(11)14(15)16/h5-7,13H,3-4,8-9H2,1-2H3. The molecule has 0 radical (unpaired) electrons. The maximum Gasteiger partial charge on any atom is 0.352 e. The van der Waals surface area contributed by atoms with E-state index in [-0.39, 0.29) is 17.2 Å². The van der Waals surface area contributed by atoms with Crippen LogP contribution in [0.2, 0.25) is 0 Å². The minimum absolute atomic E-state index is 0.115. The Balaban J connectivity index is 2.82. The molecule has 1 rings (SSSR count). The van der Waals surface area contributed by atoms with Gasteiger partial charge in [-0.2, -0.15) is 0 Å². The minimum atomic E-state index is -0.479. The number of nitro groups is 1. The molecule has 0 aliphatic rings. The van der Waals surface area contributed by atoms with E-state index < -0.39 is 4.92 Å². The summed E-state index contributed by atoms with van der Waals surface area (Å²) >= 11 is 0. The van der Waals surface area contributed by atoms with E-state index >= 15 is 0 Å². The molecule has 1 N–H and O–H groups in total. The molecule has 0 heterocycles. The zero-order chi connectivity index (χ0) is 13.4. The normalized spacial score (nSPS) is 10.1. The SMILES string of the molecule is CCNCCOc1cccc(OCC)c1[N+](=O)[O-]. The van der Waals surface area contributed by atoms with Gasteiger partial charge in [0.1, 0.15) is 6.61 Å². The number of rotatable bonds is 8. The zero-order valence-corrected chi connectivity index (χ0v) is 10.6. The Labute approximate surface area is 106 Å². The first kappa shape index (κ1) is 14.2. The Kier molecular flexibility index (Phi) is 5.93. The summed E-state index contributed by atoms with van der Waals surface area (Å²) in [6.07, 6.45) is 0. The number of hydrogen-bond acceptors (Lipinski definition) is 5. The molecule has 6 nitrogen and oxygen atoms in total. The van der Waals surface area contributed by atoms with Crippen molar-refractivity contribution in [2.45, 2.75) is 13.8 Å². The lowest BCUT2D eigenvalue weighted by Crippen LogP contribution is -2.20. The number of nitrogens with one attached hydrogen (secondary N) is 1. The first-order chi connectivity index (χ1) is 8.70. The molecule has 0 atom stereocenters. The van der Waals surface area contributed by atoms with E-state index in [1.54, 1.807) is 25.1 Å². The fourth-order valence-electron chi connectivity index (χ4n) is 1.48. The molecule has 0 aliphatic carbocycles. The third kappa shape index (κ3) is 3.89. The first-order valence-electron chi connectivity index (χ1n) is 5.94. The smallest absolute Gasteiger partial charge is 0.352 e. The summed E-state index contributed by atoms with van der Waals surface area (Å²) in [5, 5.41) is 14.1. The van der Waals surface area contributed by atoms with Crippen molar-refractivity contribution in [3.05, 3.63) is 28.3 Å². The van der Waals surface area contributed by atoms with Crippen LogP contribution in [0.5, 0.6) is 11.5 Å². The third-order valence-corrected chi connectivity index (χ3v) is 2.23. The molecule has 0 bridgehead atoms. The minimum Gasteiger partial charge on any atom is -0.487 e. The Morgan fingerprint density at radius 1 is 1.28 bits per heavy atom. The van der Waals surface area contributed by atoms with Crippen molar-refractivity contribution in [3.8, 4) is 11.5 Å². The summed E-state index contributed by atoms with van der Waals surface area (Å²) in [5.41, 5.74) is -0.115. The Morgan fingerprint density at radius 3 is 2.50 bits per heavy atom. The van der Waals surface area contributed by atoms with Crippen LogP contribution in [-0.2, 0) is 0 Å². The summed E-state index contributed by atoms with van der Waals surface area (Å²) < 4.78 is 10.6.